The number of nitrogens with zero attached hydrogens (tertiary/aromatic N) is 3. The number of nitrogen functional groups attached to an aromatic ring is 1. The molecule has 13 heavy (non-hydrogen) atoms. The Morgan fingerprint density at radius 1 is 1.54 bits per heavy atom. The summed E-state index contributed by atoms with van der Waals surface area (Å²) in [5.41, 5.74) is 5.41. The summed E-state index contributed by atoms with van der Waals surface area (Å²) in [4.78, 5) is 7.43. The van der Waals surface area contributed by atoms with E-state index in [4.69, 9.17) is 12.6 Å². The predicted molar refractivity (Wildman–Crippen MR) is 50.5 cm³/mol. The molecule has 0 saturated carbocycles. The largest absolute Gasteiger partial charge is 0.384 e. The van der Waals surface area contributed by atoms with Crippen LogP contribution in [0.5, 0.6) is 0 Å². The van der Waals surface area contributed by atoms with Crippen LogP contribution in [0.4, 0.5) is 5.82 Å². The molecule has 0 aliphatic rings. The Hall–Kier alpha value is -1.84. The molecule has 2 rings (SSSR count). The third kappa shape index (κ3) is 1.51. The average Bonchev–Trinajstić information content (AvgIpc) is 2.56. The maximum absolute atomic E-state index is 7.78. The number of hydrogen-bond donors (Lipinski definition) is 1. The number of rotatable bonds is 1. The van der Waals surface area contributed by atoms with Gasteiger partial charge in [-0.05, 0) is 19.0 Å². The normalized spacial score (nSPS) is 16.8. The molecule has 0 atom stereocenters. The van der Waals surface area contributed by atoms with Gasteiger partial charge in [0.25, 0.3) is 0 Å². The van der Waals surface area contributed by atoms with Gasteiger partial charge in [-0.25, -0.2) is 9.97 Å². The van der Waals surface area contributed by atoms with Crippen LogP contribution in [0.2, 0.25) is 0 Å². The van der Waals surface area contributed by atoms with Gasteiger partial charge in [0.2, 0.25) is 0 Å². The highest BCUT2D eigenvalue weighted by atomic mass is 15.0. The standard InChI is InChI=1S/C9H10N4/c1-7-5-13(6-12-7)8-2-3-9(10)11-4-8/h2-6H,1H3,(H2,10,11)/i1D3,5D,6D. The molecule has 2 heterocycles. The third-order valence-corrected chi connectivity index (χ3v) is 1.51. The van der Waals surface area contributed by atoms with Crippen molar-refractivity contribution in [1.29, 1.82) is 0 Å². The lowest BCUT2D eigenvalue weighted by atomic mass is 10.4. The third-order valence-electron chi connectivity index (χ3n) is 1.51. The second-order valence-electron chi connectivity index (χ2n) is 2.45. The van der Waals surface area contributed by atoms with E-state index < -0.39 is 12.5 Å². The Labute approximate surface area is 83.1 Å². The van der Waals surface area contributed by atoms with Crippen molar-refractivity contribution in [3.63, 3.8) is 0 Å². The van der Waals surface area contributed by atoms with E-state index in [0.717, 1.165) is 4.57 Å². The molecular formula is C9H10N4. The molecule has 66 valence electrons. The zero-order chi connectivity index (χ0) is 13.5. The number of hydrogen-bond acceptors (Lipinski definition) is 3. The van der Waals surface area contributed by atoms with Crippen molar-refractivity contribution in [3.8, 4) is 5.69 Å². The molecule has 4 nitrogen and oxygen atoms in total. The van der Waals surface area contributed by atoms with Gasteiger partial charge in [-0.3, -0.25) is 0 Å². The van der Waals surface area contributed by atoms with Crippen molar-refractivity contribution in [3.05, 3.63) is 36.5 Å². The van der Waals surface area contributed by atoms with Crippen LogP contribution < -0.4 is 5.73 Å². The van der Waals surface area contributed by atoms with E-state index >= 15 is 0 Å². The lowest BCUT2D eigenvalue weighted by Crippen LogP contribution is -1.93. The first-order valence-electron chi connectivity index (χ1n) is 6.09. The summed E-state index contributed by atoms with van der Waals surface area (Å²) in [5.74, 6) is 0.299. The fraction of sp³-hybridized carbons (Fsp3) is 0.111. The van der Waals surface area contributed by atoms with Crippen LogP contribution in [0.15, 0.2) is 30.8 Å². The first-order chi connectivity index (χ1) is 8.30. The van der Waals surface area contributed by atoms with Crippen molar-refractivity contribution in [2.75, 3.05) is 5.73 Å². The Morgan fingerprint density at radius 3 is 3.08 bits per heavy atom. The number of aryl methyl sites for hydroxylation is 1. The fourth-order valence-corrected chi connectivity index (χ4v) is 0.908. The van der Waals surface area contributed by atoms with Crippen molar-refractivity contribution < 1.29 is 6.85 Å². The van der Waals surface area contributed by atoms with Crippen molar-refractivity contribution in [2.45, 2.75) is 6.85 Å². The second-order valence-corrected chi connectivity index (χ2v) is 2.45. The molecule has 0 radical (unpaired) electrons. The lowest BCUT2D eigenvalue weighted by Gasteiger charge is -2.00. The van der Waals surface area contributed by atoms with E-state index in [-0.39, 0.29) is 12.5 Å². The Balaban J connectivity index is 2.59. The van der Waals surface area contributed by atoms with E-state index in [1.807, 2.05) is 0 Å². The fourth-order valence-electron chi connectivity index (χ4n) is 0.908. The van der Waals surface area contributed by atoms with Gasteiger partial charge >= 0.3 is 0 Å². The number of pyridine rings is 1. The van der Waals surface area contributed by atoms with Gasteiger partial charge in [0.1, 0.15) is 7.19 Å². The average molecular weight is 179 g/mol. The highest BCUT2D eigenvalue weighted by Gasteiger charge is 1.96. The zero-order valence-electron chi connectivity index (χ0n) is 11.7. The van der Waals surface area contributed by atoms with Crippen LogP contribution >= 0.6 is 0 Å². The Bertz CT molecular complexity index is 572. The van der Waals surface area contributed by atoms with Crippen LogP contribution in [0, 0.1) is 6.85 Å². The summed E-state index contributed by atoms with van der Waals surface area (Å²) in [6.45, 7) is -2.51. The number of aromatic nitrogens is 3. The highest BCUT2D eigenvalue weighted by Crippen LogP contribution is 2.07. The molecule has 0 spiro atoms. The Kier molecular flexibility index (Phi) is 0.871. The van der Waals surface area contributed by atoms with Gasteiger partial charge in [-0.15, -0.1) is 0 Å². The molecule has 0 amide bonds. The molecule has 2 aromatic rings. The quantitative estimate of drug-likeness (QED) is 0.714. The van der Waals surface area contributed by atoms with Crippen molar-refractivity contribution >= 4 is 5.82 Å². The van der Waals surface area contributed by atoms with E-state index in [1.165, 1.54) is 12.3 Å². The molecule has 0 aromatic carbocycles. The van der Waals surface area contributed by atoms with Crippen LogP contribution in [0.1, 0.15) is 12.5 Å². The topological polar surface area (TPSA) is 56.7 Å². The first-order valence-corrected chi connectivity index (χ1v) is 3.59. The second kappa shape index (κ2) is 2.90. The van der Waals surface area contributed by atoms with Gasteiger partial charge < -0.3 is 10.3 Å². The first kappa shape index (κ1) is 3.91. The maximum Gasteiger partial charge on any atom is 0.123 e. The van der Waals surface area contributed by atoms with E-state index in [1.54, 1.807) is 6.07 Å². The highest BCUT2D eigenvalue weighted by molar-refractivity contribution is 5.37. The summed E-state index contributed by atoms with van der Waals surface area (Å²) in [6, 6.07) is 3.05. The van der Waals surface area contributed by atoms with Crippen LogP contribution in [0.3, 0.4) is 0 Å². The lowest BCUT2D eigenvalue weighted by molar-refractivity contribution is 1.04. The van der Waals surface area contributed by atoms with Gasteiger partial charge in [-0.1, -0.05) is 0 Å². The maximum atomic E-state index is 7.78. The number of anilines is 1. The monoisotopic (exact) mass is 179 g/mol. The van der Waals surface area contributed by atoms with Crippen LogP contribution in [0.25, 0.3) is 5.69 Å². The van der Waals surface area contributed by atoms with Gasteiger partial charge in [0, 0.05) is 10.3 Å². The molecular weight excluding hydrogens is 164 g/mol. The van der Waals surface area contributed by atoms with Crippen molar-refractivity contribution in [2.24, 2.45) is 0 Å². The smallest absolute Gasteiger partial charge is 0.123 e. The minimum Gasteiger partial charge on any atom is -0.384 e. The van der Waals surface area contributed by atoms with Crippen LogP contribution in [-0.2, 0) is 0 Å². The van der Waals surface area contributed by atoms with Gasteiger partial charge in [0.05, 0.1) is 25.3 Å². The van der Waals surface area contributed by atoms with E-state index in [9.17, 15) is 0 Å². The summed E-state index contributed by atoms with van der Waals surface area (Å²) in [7, 11) is 0. The SMILES string of the molecule is [2H]c1nc(C([2H])([2H])[2H])c([2H])n1-c1ccc(N)nc1. The number of imidazole rings is 1. The molecule has 0 fully saturated rings. The van der Waals surface area contributed by atoms with E-state index in [2.05, 4.69) is 9.97 Å². The minimum absolute atomic E-state index is 0.299. The summed E-state index contributed by atoms with van der Waals surface area (Å²) >= 11 is 0. The molecule has 2 N–H and O–H groups in total. The summed E-state index contributed by atoms with van der Waals surface area (Å²) in [6.07, 6.45) is 0.695. The van der Waals surface area contributed by atoms with Crippen LogP contribution in [-0.4, -0.2) is 14.5 Å². The molecule has 0 unspecified atom stereocenters. The van der Waals surface area contributed by atoms with Gasteiger partial charge in [-0.2, -0.15) is 0 Å². The molecule has 0 saturated heterocycles. The Morgan fingerprint density at radius 2 is 2.46 bits per heavy atom. The molecule has 4 heteroatoms. The summed E-state index contributed by atoms with van der Waals surface area (Å²) in [5, 5.41) is 0. The summed E-state index contributed by atoms with van der Waals surface area (Å²) < 4.78 is 38.2. The molecule has 0 aliphatic carbocycles. The molecule has 0 bridgehead atoms. The van der Waals surface area contributed by atoms with E-state index in [0.29, 0.717) is 11.5 Å². The molecule has 2 aromatic heterocycles. The van der Waals surface area contributed by atoms with Crippen molar-refractivity contribution in [1.82, 2.24) is 14.5 Å². The van der Waals surface area contributed by atoms with Gasteiger partial charge in [0.15, 0.2) is 0 Å². The molecule has 0 aliphatic heterocycles. The minimum atomic E-state index is -2.51. The predicted octanol–water partition coefficient (Wildman–Crippen LogP) is 1.16. The number of nitrogens with two attached hydrogens (primary N) is 1. The zero-order valence-corrected chi connectivity index (χ0v) is 6.65.